The molecular formula is C19H19ClN4O3. The maximum absolute atomic E-state index is 12.4. The summed E-state index contributed by atoms with van der Waals surface area (Å²) in [5.41, 5.74) is 2.15. The first-order valence-corrected chi connectivity index (χ1v) is 8.86. The summed E-state index contributed by atoms with van der Waals surface area (Å²) in [5, 5.41) is 8.82. The molecule has 0 radical (unpaired) electrons. The van der Waals surface area contributed by atoms with Crippen molar-refractivity contribution in [1.82, 2.24) is 10.6 Å². The van der Waals surface area contributed by atoms with Crippen LogP contribution >= 0.6 is 11.6 Å². The van der Waals surface area contributed by atoms with Gasteiger partial charge in [0.05, 0.1) is 11.4 Å². The molecule has 0 fully saturated rings. The van der Waals surface area contributed by atoms with Gasteiger partial charge in [0, 0.05) is 24.5 Å². The van der Waals surface area contributed by atoms with E-state index in [1.807, 2.05) is 12.1 Å². The quantitative estimate of drug-likeness (QED) is 0.737. The van der Waals surface area contributed by atoms with Gasteiger partial charge in [-0.2, -0.15) is 0 Å². The second-order valence-electron chi connectivity index (χ2n) is 6.04. The normalized spacial score (nSPS) is 12.8. The summed E-state index contributed by atoms with van der Waals surface area (Å²) in [5.74, 6) is -0.438. The van der Waals surface area contributed by atoms with E-state index in [2.05, 4.69) is 16.0 Å². The number of carbonyl (C=O) groups is 3. The lowest BCUT2D eigenvalue weighted by molar-refractivity contribution is -0.121. The van der Waals surface area contributed by atoms with Crippen molar-refractivity contribution in [2.24, 2.45) is 0 Å². The molecule has 0 saturated carbocycles. The van der Waals surface area contributed by atoms with Crippen molar-refractivity contribution < 1.29 is 14.4 Å². The average Bonchev–Trinajstić information content (AvgIpc) is 2.66. The molecule has 1 aliphatic heterocycles. The Hall–Kier alpha value is -3.06. The summed E-state index contributed by atoms with van der Waals surface area (Å²) in [6, 6.07) is 13.8. The molecule has 140 valence electrons. The van der Waals surface area contributed by atoms with Crippen molar-refractivity contribution in [2.75, 3.05) is 23.3 Å². The Morgan fingerprint density at radius 3 is 2.59 bits per heavy atom. The van der Waals surface area contributed by atoms with Gasteiger partial charge in [-0.15, -0.1) is 0 Å². The largest absolute Gasteiger partial charge is 0.352 e. The van der Waals surface area contributed by atoms with Crippen LogP contribution in [0.2, 0.25) is 5.02 Å². The first-order valence-electron chi connectivity index (χ1n) is 8.48. The number of halogens is 1. The summed E-state index contributed by atoms with van der Waals surface area (Å²) >= 11 is 5.82. The fourth-order valence-corrected chi connectivity index (χ4v) is 2.81. The highest BCUT2D eigenvalue weighted by Gasteiger charge is 2.26. The fraction of sp³-hybridized carbons (Fsp3) is 0.211. The van der Waals surface area contributed by atoms with Crippen molar-refractivity contribution in [2.45, 2.75) is 13.0 Å². The lowest BCUT2D eigenvalue weighted by Gasteiger charge is -2.29. The maximum atomic E-state index is 12.4. The zero-order valence-corrected chi connectivity index (χ0v) is 15.3. The van der Waals surface area contributed by atoms with E-state index in [1.165, 1.54) is 4.90 Å². The minimum atomic E-state index is -0.414. The molecule has 2 aromatic carbocycles. The van der Waals surface area contributed by atoms with Gasteiger partial charge in [-0.25, -0.2) is 4.79 Å². The van der Waals surface area contributed by atoms with Crippen LogP contribution in [0.1, 0.15) is 12.0 Å². The number of carbonyl (C=O) groups excluding carboxylic acids is 3. The van der Waals surface area contributed by atoms with Crippen LogP contribution in [0.15, 0.2) is 48.5 Å². The van der Waals surface area contributed by atoms with Crippen LogP contribution in [0.5, 0.6) is 0 Å². The molecule has 0 saturated heterocycles. The Morgan fingerprint density at radius 1 is 1.07 bits per heavy atom. The Morgan fingerprint density at radius 2 is 1.81 bits per heavy atom. The summed E-state index contributed by atoms with van der Waals surface area (Å²) in [6.45, 7) is 0.501. The molecule has 0 spiro atoms. The Balaban J connectivity index is 1.46. The van der Waals surface area contributed by atoms with Gasteiger partial charge >= 0.3 is 6.03 Å². The highest BCUT2D eigenvalue weighted by atomic mass is 35.5. The number of rotatable bonds is 5. The molecule has 0 aromatic heterocycles. The average molecular weight is 387 g/mol. The lowest BCUT2D eigenvalue weighted by Crippen LogP contribution is -2.47. The zero-order valence-electron chi connectivity index (χ0n) is 14.5. The molecule has 2 aromatic rings. The predicted octanol–water partition coefficient (Wildman–Crippen LogP) is 2.51. The molecule has 1 aliphatic rings. The lowest BCUT2D eigenvalue weighted by atomic mass is 10.2. The van der Waals surface area contributed by atoms with Gasteiger partial charge in [0.15, 0.2) is 0 Å². The van der Waals surface area contributed by atoms with Crippen LogP contribution in [0, 0.1) is 0 Å². The van der Waals surface area contributed by atoms with Crippen molar-refractivity contribution in [3.05, 3.63) is 59.1 Å². The van der Waals surface area contributed by atoms with Crippen molar-refractivity contribution in [1.29, 1.82) is 0 Å². The van der Waals surface area contributed by atoms with Gasteiger partial charge in [0.2, 0.25) is 11.8 Å². The van der Waals surface area contributed by atoms with Crippen LogP contribution in [0.4, 0.5) is 16.2 Å². The van der Waals surface area contributed by atoms with Gasteiger partial charge < -0.3 is 16.0 Å². The number of para-hydroxylation sites is 2. The van der Waals surface area contributed by atoms with E-state index in [9.17, 15) is 14.4 Å². The predicted molar refractivity (Wildman–Crippen MR) is 104 cm³/mol. The first-order chi connectivity index (χ1) is 13.0. The van der Waals surface area contributed by atoms with E-state index < -0.39 is 6.03 Å². The molecule has 0 aliphatic carbocycles. The molecule has 7 nitrogen and oxygen atoms in total. The van der Waals surface area contributed by atoms with E-state index in [0.717, 1.165) is 5.56 Å². The second kappa shape index (κ2) is 8.55. The molecule has 0 atom stereocenters. The van der Waals surface area contributed by atoms with Crippen molar-refractivity contribution in [3.63, 3.8) is 0 Å². The zero-order chi connectivity index (χ0) is 19.2. The first kappa shape index (κ1) is 18.7. The van der Waals surface area contributed by atoms with E-state index in [1.54, 1.807) is 36.4 Å². The Labute approximate surface area is 161 Å². The number of urea groups is 1. The smallest absolute Gasteiger partial charge is 0.322 e. The van der Waals surface area contributed by atoms with E-state index in [-0.39, 0.29) is 31.3 Å². The highest BCUT2D eigenvalue weighted by Crippen LogP contribution is 2.28. The number of nitrogens with one attached hydrogen (secondary N) is 3. The summed E-state index contributed by atoms with van der Waals surface area (Å²) in [6.07, 6.45) is 0.140. The van der Waals surface area contributed by atoms with Gasteiger partial charge in [-0.1, -0.05) is 35.9 Å². The van der Waals surface area contributed by atoms with Gasteiger partial charge in [-0.05, 0) is 29.8 Å². The van der Waals surface area contributed by atoms with Crippen molar-refractivity contribution >= 4 is 40.8 Å². The molecule has 0 bridgehead atoms. The van der Waals surface area contributed by atoms with E-state index >= 15 is 0 Å². The topological polar surface area (TPSA) is 90.5 Å². The highest BCUT2D eigenvalue weighted by molar-refractivity contribution is 6.30. The summed E-state index contributed by atoms with van der Waals surface area (Å²) in [4.78, 5) is 37.4. The molecule has 1 heterocycles. The third-order valence-corrected chi connectivity index (χ3v) is 4.30. The van der Waals surface area contributed by atoms with Gasteiger partial charge in [0.1, 0.15) is 6.54 Å². The number of nitrogens with zero attached hydrogens (tertiary/aromatic N) is 1. The Kier molecular flexibility index (Phi) is 5.93. The number of benzene rings is 2. The van der Waals surface area contributed by atoms with Crippen LogP contribution in [-0.2, 0) is 16.1 Å². The van der Waals surface area contributed by atoms with E-state index in [0.29, 0.717) is 22.9 Å². The van der Waals surface area contributed by atoms with Crippen LogP contribution in [0.3, 0.4) is 0 Å². The fourth-order valence-electron chi connectivity index (χ4n) is 2.68. The third kappa shape index (κ3) is 4.98. The molecule has 0 unspecified atom stereocenters. The SMILES string of the molecule is O=C(CCNC(=O)N1CC(=O)Nc2ccccc21)NCc1ccc(Cl)cc1. The number of hydrogen-bond acceptors (Lipinski definition) is 3. The molecule has 8 heteroatoms. The van der Waals surface area contributed by atoms with Crippen LogP contribution in [-0.4, -0.2) is 30.9 Å². The number of fused-ring (bicyclic) bond motifs is 1. The van der Waals surface area contributed by atoms with Crippen LogP contribution in [0.25, 0.3) is 0 Å². The van der Waals surface area contributed by atoms with Gasteiger partial charge in [0.25, 0.3) is 0 Å². The third-order valence-electron chi connectivity index (χ3n) is 4.05. The van der Waals surface area contributed by atoms with E-state index in [4.69, 9.17) is 11.6 Å². The molecule has 27 heavy (non-hydrogen) atoms. The minimum Gasteiger partial charge on any atom is -0.352 e. The van der Waals surface area contributed by atoms with Crippen LogP contribution < -0.4 is 20.9 Å². The minimum absolute atomic E-state index is 0.0639. The maximum Gasteiger partial charge on any atom is 0.322 e. The Bertz CT molecular complexity index is 854. The monoisotopic (exact) mass is 386 g/mol. The number of anilines is 2. The second-order valence-corrected chi connectivity index (χ2v) is 6.47. The van der Waals surface area contributed by atoms with Gasteiger partial charge in [-0.3, -0.25) is 14.5 Å². The summed E-state index contributed by atoms with van der Waals surface area (Å²) in [7, 11) is 0. The summed E-state index contributed by atoms with van der Waals surface area (Å²) < 4.78 is 0. The molecule has 3 N–H and O–H groups in total. The molecular weight excluding hydrogens is 368 g/mol. The number of hydrogen-bond donors (Lipinski definition) is 3. The standard InChI is InChI=1S/C19H19ClN4O3/c20-14-7-5-13(6-8-14)11-22-17(25)9-10-21-19(27)24-12-18(26)23-15-3-1-2-4-16(15)24/h1-8H,9-12H2,(H,21,27)(H,22,25)(H,23,26). The molecule has 3 rings (SSSR count). The number of amides is 4. The molecule has 4 amide bonds. The van der Waals surface area contributed by atoms with Crippen molar-refractivity contribution in [3.8, 4) is 0 Å².